The molecule has 1 atom stereocenters. The smallest absolute Gasteiger partial charge is 0.131 e. The first-order valence-electron chi connectivity index (χ1n) is 11.1. The van der Waals surface area contributed by atoms with Crippen LogP contribution >= 0.6 is 0 Å². The molecule has 1 N–H and O–H groups in total. The van der Waals surface area contributed by atoms with Crippen LogP contribution in [0.3, 0.4) is 0 Å². The topological polar surface area (TPSA) is 43.6 Å². The molecule has 2 bridgehead atoms. The highest BCUT2D eigenvalue weighted by Crippen LogP contribution is 2.40. The van der Waals surface area contributed by atoms with Crippen molar-refractivity contribution < 1.29 is 14.6 Å². The van der Waals surface area contributed by atoms with E-state index in [-0.39, 0.29) is 12.5 Å². The van der Waals surface area contributed by atoms with E-state index >= 15 is 0 Å². The Labute approximate surface area is 197 Å². The Morgan fingerprint density at radius 2 is 1.91 bits per heavy atom. The van der Waals surface area contributed by atoms with Crippen molar-refractivity contribution >= 4 is 6.08 Å². The third kappa shape index (κ3) is 5.47. The molecule has 2 aromatic rings. The summed E-state index contributed by atoms with van der Waals surface area (Å²) >= 11 is 0. The first-order chi connectivity index (χ1) is 16.1. The number of aromatic nitrogens is 1. The average Bonchev–Trinajstić information content (AvgIpc) is 2.95. The monoisotopic (exact) mass is 443 g/mol. The molecular weight excluding hydrogens is 410 g/mol. The zero-order valence-electron chi connectivity index (χ0n) is 19.9. The highest BCUT2D eigenvalue weighted by molar-refractivity contribution is 5.75. The van der Waals surface area contributed by atoms with Crippen molar-refractivity contribution in [1.29, 1.82) is 0 Å². The maximum atomic E-state index is 9.48. The molecule has 1 aromatic heterocycles. The molecule has 1 unspecified atom stereocenters. The number of benzene rings is 1. The van der Waals surface area contributed by atoms with Gasteiger partial charge >= 0.3 is 0 Å². The maximum Gasteiger partial charge on any atom is 0.131 e. The number of aliphatic hydroxyl groups excluding tert-OH is 1. The number of rotatable bonds is 6. The lowest BCUT2D eigenvalue weighted by molar-refractivity contribution is 0.330. The second-order valence-electron chi connectivity index (χ2n) is 7.93. The number of hydrogen-bond donors (Lipinski definition) is 1. The summed E-state index contributed by atoms with van der Waals surface area (Å²) in [5, 5.41) is 9.48. The molecule has 0 radical (unpaired) electrons. The Morgan fingerprint density at radius 3 is 2.61 bits per heavy atom. The van der Waals surface area contributed by atoms with Crippen molar-refractivity contribution in [3.8, 4) is 22.8 Å². The number of hydrogen-bond acceptors (Lipinski definition) is 3. The largest absolute Gasteiger partial charge is 0.497 e. The van der Waals surface area contributed by atoms with Crippen LogP contribution in [0.4, 0.5) is 0 Å². The van der Waals surface area contributed by atoms with Gasteiger partial charge in [-0.25, -0.2) is 0 Å². The van der Waals surface area contributed by atoms with Crippen molar-refractivity contribution in [2.45, 2.75) is 26.3 Å². The van der Waals surface area contributed by atoms with Crippen LogP contribution in [0, 0.1) is 0 Å². The number of aliphatic hydroxyl groups is 1. The zero-order chi connectivity index (χ0) is 23.8. The van der Waals surface area contributed by atoms with Crippen LogP contribution in [0.1, 0.15) is 31.0 Å². The van der Waals surface area contributed by atoms with Gasteiger partial charge in [0.25, 0.3) is 0 Å². The fourth-order valence-corrected chi connectivity index (χ4v) is 3.93. The van der Waals surface area contributed by atoms with E-state index in [1.165, 1.54) is 16.8 Å². The lowest BCUT2D eigenvalue weighted by Crippen LogP contribution is -2.04. The predicted molar refractivity (Wildman–Crippen MR) is 138 cm³/mol. The molecule has 2 aliphatic rings. The molecule has 0 aliphatic heterocycles. The van der Waals surface area contributed by atoms with Crippen LogP contribution in [-0.2, 0) is 6.54 Å². The number of fused-ring (bicyclic) bond motifs is 3. The summed E-state index contributed by atoms with van der Waals surface area (Å²) in [6.07, 6.45) is 19.0. The van der Waals surface area contributed by atoms with Crippen molar-refractivity contribution in [2.75, 3.05) is 20.8 Å². The van der Waals surface area contributed by atoms with E-state index in [0.29, 0.717) is 6.54 Å². The van der Waals surface area contributed by atoms with E-state index in [9.17, 15) is 5.11 Å². The van der Waals surface area contributed by atoms with Gasteiger partial charge in [-0.05, 0) is 49.3 Å². The molecule has 0 amide bonds. The molecule has 0 spiro atoms. The Balaban J connectivity index is 0.000000968. The first kappa shape index (κ1) is 24.1. The van der Waals surface area contributed by atoms with Gasteiger partial charge in [-0.1, -0.05) is 54.2 Å². The summed E-state index contributed by atoms with van der Waals surface area (Å²) in [6, 6.07) is 8.17. The normalized spacial score (nSPS) is 16.1. The Morgan fingerprint density at radius 1 is 1.12 bits per heavy atom. The Bertz CT molecular complexity index is 1140. The fourth-order valence-electron chi connectivity index (χ4n) is 3.93. The van der Waals surface area contributed by atoms with E-state index in [2.05, 4.69) is 65.8 Å². The quantitative estimate of drug-likeness (QED) is 0.521. The van der Waals surface area contributed by atoms with Gasteiger partial charge in [-0.15, -0.1) is 6.58 Å². The minimum atomic E-state index is 0.0579. The van der Waals surface area contributed by atoms with E-state index in [1.807, 2.05) is 32.0 Å². The molecule has 0 saturated carbocycles. The highest BCUT2D eigenvalue weighted by atomic mass is 16.5. The molecule has 33 heavy (non-hydrogen) atoms. The maximum absolute atomic E-state index is 9.48. The molecule has 1 heterocycles. The van der Waals surface area contributed by atoms with Crippen molar-refractivity contribution in [3.63, 3.8) is 0 Å². The van der Waals surface area contributed by atoms with E-state index in [1.54, 1.807) is 20.3 Å². The lowest BCUT2D eigenvalue weighted by Gasteiger charge is -2.15. The average molecular weight is 444 g/mol. The fraction of sp³-hybridized carbons (Fsp3) is 0.241. The first-order valence-corrected chi connectivity index (χ1v) is 11.1. The molecule has 2 aliphatic carbocycles. The molecule has 4 heteroatoms. The third-order valence-corrected chi connectivity index (χ3v) is 5.61. The Hall–Kier alpha value is -3.50. The minimum absolute atomic E-state index is 0.0579. The molecule has 4 nitrogen and oxygen atoms in total. The minimum Gasteiger partial charge on any atom is -0.497 e. The van der Waals surface area contributed by atoms with Gasteiger partial charge < -0.3 is 19.1 Å². The standard InChI is InChI=1S/C26H27NO3.C3H6/c1-18(17-28)12-13-27-24-11-8-19-6-4-5-7-20(14-19)23(24)16-25(27)22-10-9-21(29-2)15-26(22)30-3;1-3-2/h4-12,14-16,20,28H,13,17H2,1-3H3;3H,1H2,2H3/b18-12+;. The molecular formula is C29H33NO3. The zero-order valence-corrected chi connectivity index (χ0v) is 19.9. The molecule has 4 rings (SSSR count). The summed E-state index contributed by atoms with van der Waals surface area (Å²) < 4.78 is 13.4. The van der Waals surface area contributed by atoms with Crippen molar-refractivity contribution in [1.82, 2.24) is 4.57 Å². The summed E-state index contributed by atoms with van der Waals surface area (Å²) in [4.78, 5) is 0. The van der Waals surface area contributed by atoms with Gasteiger partial charge in [0.15, 0.2) is 0 Å². The number of allylic oxidation sites excluding steroid dienone is 9. The van der Waals surface area contributed by atoms with Crippen molar-refractivity contribution in [2.24, 2.45) is 0 Å². The van der Waals surface area contributed by atoms with Crippen LogP contribution in [0.5, 0.6) is 11.5 Å². The second kappa shape index (κ2) is 11.4. The summed E-state index contributed by atoms with van der Waals surface area (Å²) in [5.74, 6) is 1.73. The van der Waals surface area contributed by atoms with Crippen LogP contribution in [0.25, 0.3) is 17.3 Å². The van der Waals surface area contributed by atoms with Crippen molar-refractivity contribution in [3.05, 3.63) is 102 Å². The second-order valence-corrected chi connectivity index (χ2v) is 7.93. The molecule has 0 saturated heterocycles. The van der Waals surface area contributed by atoms with Crippen LogP contribution in [0.2, 0.25) is 0 Å². The molecule has 0 fully saturated rings. The molecule has 172 valence electrons. The number of methoxy groups -OCH3 is 2. The third-order valence-electron chi connectivity index (χ3n) is 5.61. The van der Waals surface area contributed by atoms with Gasteiger partial charge in [0.05, 0.1) is 26.5 Å². The predicted octanol–water partition coefficient (Wildman–Crippen LogP) is 6.47. The van der Waals surface area contributed by atoms with Crippen LogP contribution in [-0.4, -0.2) is 30.5 Å². The van der Waals surface area contributed by atoms with E-state index < -0.39 is 0 Å². The van der Waals surface area contributed by atoms with E-state index in [4.69, 9.17) is 9.47 Å². The van der Waals surface area contributed by atoms with Gasteiger partial charge in [-0.2, -0.15) is 0 Å². The lowest BCUT2D eigenvalue weighted by atomic mass is 9.98. The highest BCUT2D eigenvalue weighted by Gasteiger charge is 2.22. The Kier molecular flexibility index (Phi) is 8.34. The number of nitrogens with zero attached hydrogens (tertiary/aromatic N) is 1. The summed E-state index contributed by atoms with van der Waals surface area (Å²) in [6.45, 7) is 7.92. The van der Waals surface area contributed by atoms with E-state index in [0.717, 1.165) is 28.3 Å². The molecule has 1 aromatic carbocycles. The van der Waals surface area contributed by atoms with Gasteiger partial charge in [0.1, 0.15) is 11.5 Å². The van der Waals surface area contributed by atoms with Gasteiger partial charge in [-0.3, -0.25) is 0 Å². The summed E-state index contributed by atoms with van der Waals surface area (Å²) in [7, 11) is 3.34. The SMILES string of the molecule is C=CC.COc1ccc(-c2cc3c(n2C/C=C(\C)CO)C=CC2=CC3C=CC=C2)c(OC)c1. The van der Waals surface area contributed by atoms with Crippen LogP contribution in [0.15, 0.2) is 90.6 Å². The number of ether oxygens (including phenoxy) is 2. The van der Waals surface area contributed by atoms with Crippen LogP contribution < -0.4 is 9.47 Å². The van der Waals surface area contributed by atoms with Gasteiger partial charge in [0, 0.05) is 29.8 Å². The van der Waals surface area contributed by atoms with Gasteiger partial charge in [0.2, 0.25) is 0 Å². The summed E-state index contributed by atoms with van der Waals surface area (Å²) in [5.41, 5.74) is 6.66.